The van der Waals surface area contributed by atoms with Crippen molar-refractivity contribution in [3.05, 3.63) is 29.8 Å². The highest BCUT2D eigenvalue weighted by Gasteiger charge is 2.13. The Labute approximate surface area is 125 Å². The Balaban J connectivity index is 2.00. The number of nitrogens with two attached hydrogens (primary N) is 1. The normalized spacial score (nSPS) is 15.7. The minimum atomic E-state index is 0.0394. The van der Waals surface area contributed by atoms with Crippen LogP contribution in [0.2, 0.25) is 0 Å². The molecule has 2 rings (SSSR count). The highest BCUT2D eigenvalue weighted by Crippen LogP contribution is 2.24. The Morgan fingerprint density at radius 2 is 2.10 bits per heavy atom. The average Bonchev–Trinajstić information content (AvgIpc) is 2.48. The third-order valence-corrected chi connectivity index (χ3v) is 3.24. The van der Waals surface area contributed by atoms with Crippen molar-refractivity contribution < 1.29 is 9.53 Å². The topological polar surface area (TPSA) is 67.6 Å². The highest BCUT2D eigenvalue weighted by molar-refractivity contribution is 5.92. The van der Waals surface area contributed by atoms with Gasteiger partial charge in [0.2, 0.25) is 5.91 Å². The van der Waals surface area contributed by atoms with E-state index in [4.69, 9.17) is 10.5 Å². The van der Waals surface area contributed by atoms with Crippen LogP contribution in [0.4, 0.5) is 5.69 Å². The molecule has 0 radical (unpaired) electrons. The molecule has 0 atom stereocenters. The smallest absolute Gasteiger partial charge is 0.246 e. The SMILES string of the molecule is CC(C)Oc1ccc(/C=C\C(=O)N2CCNCC2)cc1N. The molecule has 1 heterocycles. The molecule has 0 aliphatic carbocycles. The zero-order chi connectivity index (χ0) is 15.2. The second-order valence-corrected chi connectivity index (χ2v) is 5.37. The number of ether oxygens (including phenoxy) is 1. The van der Waals surface area contributed by atoms with Crippen LogP contribution in [-0.4, -0.2) is 43.1 Å². The van der Waals surface area contributed by atoms with Gasteiger partial charge in [0, 0.05) is 32.3 Å². The molecule has 0 unspecified atom stereocenters. The fourth-order valence-corrected chi connectivity index (χ4v) is 2.19. The summed E-state index contributed by atoms with van der Waals surface area (Å²) in [5.74, 6) is 0.716. The first-order valence-corrected chi connectivity index (χ1v) is 7.30. The fraction of sp³-hybridized carbons (Fsp3) is 0.438. The van der Waals surface area contributed by atoms with E-state index in [1.165, 1.54) is 0 Å². The van der Waals surface area contributed by atoms with Crippen molar-refractivity contribution in [2.45, 2.75) is 20.0 Å². The summed E-state index contributed by atoms with van der Waals surface area (Å²) in [6.45, 7) is 7.14. The summed E-state index contributed by atoms with van der Waals surface area (Å²) in [4.78, 5) is 13.9. The molecule has 3 N–H and O–H groups in total. The van der Waals surface area contributed by atoms with Crippen LogP contribution in [0.5, 0.6) is 5.75 Å². The Morgan fingerprint density at radius 3 is 2.71 bits per heavy atom. The number of amides is 1. The monoisotopic (exact) mass is 289 g/mol. The number of nitrogen functional groups attached to an aromatic ring is 1. The predicted molar refractivity (Wildman–Crippen MR) is 85.1 cm³/mol. The number of rotatable bonds is 4. The molecule has 1 amide bonds. The number of carbonyl (C=O) groups is 1. The van der Waals surface area contributed by atoms with Crippen molar-refractivity contribution >= 4 is 17.7 Å². The lowest BCUT2D eigenvalue weighted by Crippen LogP contribution is -2.45. The number of anilines is 1. The van der Waals surface area contributed by atoms with Crippen LogP contribution in [-0.2, 0) is 4.79 Å². The van der Waals surface area contributed by atoms with Gasteiger partial charge in [-0.25, -0.2) is 0 Å². The Bertz CT molecular complexity index is 520. The molecule has 1 aromatic carbocycles. The molecule has 5 heteroatoms. The highest BCUT2D eigenvalue weighted by atomic mass is 16.5. The third kappa shape index (κ3) is 4.49. The van der Waals surface area contributed by atoms with E-state index in [2.05, 4.69) is 5.32 Å². The Hall–Kier alpha value is -2.01. The fourth-order valence-electron chi connectivity index (χ4n) is 2.19. The molecule has 0 bridgehead atoms. The van der Waals surface area contributed by atoms with Crippen molar-refractivity contribution in [2.24, 2.45) is 0 Å². The summed E-state index contributed by atoms with van der Waals surface area (Å²) < 4.78 is 5.59. The molecule has 1 aromatic rings. The van der Waals surface area contributed by atoms with Crippen molar-refractivity contribution in [1.82, 2.24) is 10.2 Å². The van der Waals surface area contributed by atoms with Gasteiger partial charge in [0.05, 0.1) is 11.8 Å². The lowest BCUT2D eigenvalue weighted by atomic mass is 10.1. The lowest BCUT2D eigenvalue weighted by Gasteiger charge is -2.26. The Kier molecular flexibility index (Phi) is 5.22. The van der Waals surface area contributed by atoms with Gasteiger partial charge in [-0.05, 0) is 37.6 Å². The molecule has 5 nitrogen and oxygen atoms in total. The molecule has 0 aromatic heterocycles. The molecule has 0 spiro atoms. The summed E-state index contributed by atoms with van der Waals surface area (Å²) >= 11 is 0. The van der Waals surface area contributed by atoms with Crippen molar-refractivity contribution in [3.8, 4) is 5.75 Å². The van der Waals surface area contributed by atoms with E-state index in [1.807, 2.05) is 36.9 Å². The van der Waals surface area contributed by atoms with Crippen LogP contribution >= 0.6 is 0 Å². The maximum absolute atomic E-state index is 12.0. The number of carbonyl (C=O) groups excluding carboxylic acids is 1. The van der Waals surface area contributed by atoms with Crippen LogP contribution in [0, 0.1) is 0 Å². The zero-order valence-corrected chi connectivity index (χ0v) is 12.6. The van der Waals surface area contributed by atoms with Gasteiger partial charge in [-0.3, -0.25) is 4.79 Å². The van der Waals surface area contributed by atoms with Gasteiger partial charge in [-0.15, -0.1) is 0 Å². The lowest BCUT2D eigenvalue weighted by molar-refractivity contribution is -0.126. The number of nitrogens with zero attached hydrogens (tertiary/aromatic N) is 1. The standard InChI is InChI=1S/C16H23N3O2/c1-12(2)21-15-5-3-13(11-14(15)17)4-6-16(20)19-9-7-18-8-10-19/h3-6,11-12,18H,7-10,17H2,1-2H3/b6-4-. The second kappa shape index (κ2) is 7.13. The van der Waals surface area contributed by atoms with Crippen LogP contribution in [0.1, 0.15) is 19.4 Å². The van der Waals surface area contributed by atoms with E-state index >= 15 is 0 Å². The number of nitrogens with one attached hydrogen (secondary N) is 1. The molecule has 114 valence electrons. The first-order valence-electron chi connectivity index (χ1n) is 7.30. The minimum Gasteiger partial charge on any atom is -0.489 e. The number of hydrogen-bond donors (Lipinski definition) is 2. The minimum absolute atomic E-state index is 0.0394. The van der Waals surface area contributed by atoms with Gasteiger partial charge in [-0.2, -0.15) is 0 Å². The molecule has 1 aliphatic heterocycles. The zero-order valence-electron chi connectivity index (χ0n) is 12.6. The van der Waals surface area contributed by atoms with Gasteiger partial charge < -0.3 is 20.7 Å². The Morgan fingerprint density at radius 1 is 1.38 bits per heavy atom. The van der Waals surface area contributed by atoms with E-state index in [0.29, 0.717) is 11.4 Å². The molecule has 1 aliphatic rings. The molecule has 1 fully saturated rings. The first kappa shape index (κ1) is 15.4. The van der Waals surface area contributed by atoms with Gasteiger partial charge >= 0.3 is 0 Å². The van der Waals surface area contributed by atoms with Gasteiger partial charge in [0.1, 0.15) is 5.75 Å². The summed E-state index contributed by atoms with van der Waals surface area (Å²) in [5.41, 5.74) is 7.44. The van der Waals surface area contributed by atoms with E-state index in [9.17, 15) is 4.79 Å². The van der Waals surface area contributed by atoms with Crippen LogP contribution in [0.15, 0.2) is 24.3 Å². The maximum Gasteiger partial charge on any atom is 0.246 e. The van der Waals surface area contributed by atoms with Gasteiger partial charge in [0.15, 0.2) is 0 Å². The molecule has 1 saturated heterocycles. The van der Waals surface area contributed by atoms with Crippen molar-refractivity contribution in [2.75, 3.05) is 31.9 Å². The largest absolute Gasteiger partial charge is 0.489 e. The summed E-state index contributed by atoms with van der Waals surface area (Å²) in [6, 6.07) is 5.55. The number of piperazine rings is 1. The quantitative estimate of drug-likeness (QED) is 0.651. The molecule has 0 saturated carbocycles. The van der Waals surface area contributed by atoms with Crippen LogP contribution in [0.3, 0.4) is 0 Å². The van der Waals surface area contributed by atoms with Crippen LogP contribution in [0.25, 0.3) is 6.08 Å². The molecule has 21 heavy (non-hydrogen) atoms. The molecular weight excluding hydrogens is 266 g/mol. The van der Waals surface area contributed by atoms with E-state index in [0.717, 1.165) is 31.7 Å². The first-order chi connectivity index (χ1) is 10.1. The third-order valence-electron chi connectivity index (χ3n) is 3.24. The summed E-state index contributed by atoms with van der Waals surface area (Å²) in [7, 11) is 0. The number of benzene rings is 1. The van der Waals surface area contributed by atoms with E-state index < -0.39 is 0 Å². The predicted octanol–water partition coefficient (Wildman–Crippen LogP) is 1.50. The van der Waals surface area contributed by atoms with Gasteiger partial charge in [0.25, 0.3) is 0 Å². The van der Waals surface area contributed by atoms with E-state index in [-0.39, 0.29) is 12.0 Å². The average molecular weight is 289 g/mol. The second-order valence-electron chi connectivity index (χ2n) is 5.37. The van der Waals surface area contributed by atoms with E-state index in [1.54, 1.807) is 12.2 Å². The van der Waals surface area contributed by atoms with Crippen molar-refractivity contribution in [1.29, 1.82) is 0 Å². The maximum atomic E-state index is 12.0. The van der Waals surface area contributed by atoms with Crippen molar-refractivity contribution in [3.63, 3.8) is 0 Å². The van der Waals surface area contributed by atoms with Crippen LogP contribution < -0.4 is 15.8 Å². The molecular formula is C16H23N3O2. The van der Waals surface area contributed by atoms with Gasteiger partial charge in [-0.1, -0.05) is 6.07 Å². The summed E-state index contributed by atoms with van der Waals surface area (Å²) in [5, 5.41) is 3.22. The summed E-state index contributed by atoms with van der Waals surface area (Å²) in [6.07, 6.45) is 3.48. The number of hydrogen-bond acceptors (Lipinski definition) is 4.